The average molecular weight is 291 g/mol. The maximum Gasteiger partial charge on any atom is 0.328 e. The number of ether oxygens (including phenoxy) is 1. The van der Waals surface area contributed by atoms with E-state index in [0.717, 1.165) is 4.68 Å². The average Bonchev–Trinajstić information content (AvgIpc) is 2.79. The molecule has 0 unspecified atom stereocenters. The zero-order valence-corrected chi connectivity index (χ0v) is 11.0. The van der Waals surface area contributed by atoms with Gasteiger partial charge in [-0.1, -0.05) is 12.1 Å². The summed E-state index contributed by atoms with van der Waals surface area (Å²) in [5, 5.41) is 9.28. The first-order valence-electron chi connectivity index (χ1n) is 5.74. The van der Waals surface area contributed by atoms with E-state index in [4.69, 9.17) is 16.2 Å². The van der Waals surface area contributed by atoms with Gasteiger partial charge in [0, 0.05) is 0 Å². The van der Waals surface area contributed by atoms with Gasteiger partial charge in [-0.15, -0.1) is 10.2 Å². The van der Waals surface area contributed by atoms with Crippen LogP contribution in [0.15, 0.2) is 24.3 Å². The van der Waals surface area contributed by atoms with E-state index in [2.05, 4.69) is 20.9 Å². The molecule has 6 N–H and O–H groups in total. The molecule has 110 valence electrons. The molecule has 0 radical (unpaired) electrons. The predicted molar refractivity (Wildman–Crippen MR) is 74.8 cm³/mol. The van der Waals surface area contributed by atoms with Crippen molar-refractivity contribution in [2.75, 3.05) is 29.3 Å². The number of rotatable bonds is 3. The van der Waals surface area contributed by atoms with Crippen LogP contribution in [0.1, 0.15) is 0 Å². The highest BCUT2D eigenvalue weighted by Gasteiger charge is 2.18. The van der Waals surface area contributed by atoms with Gasteiger partial charge >= 0.3 is 11.8 Å². The van der Waals surface area contributed by atoms with Gasteiger partial charge in [-0.05, 0) is 12.1 Å². The summed E-state index contributed by atoms with van der Waals surface area (Å²) in [5.41, 5.74) is 13.4. The van der Waals surface area contributed by atoms with E-state index in [0.29, 0.717) is 11.4 Å². The van der Waals surface area contributed by atoms with E-state index in [1.54, 1.807) is 24.3 Å². The maximum absolute atomic E-state index is 11.8. The number of carbonyl (C=O) groups is 2. The fourth-order valence-electron chi connectivity index (χ4n) is 1.50. The van der Waals surface area contributed by atoms with Crippen molar-refractivity contribution in [3.05, 3.63) is 24.3 Å². The number of nitrogen functional groups attached to an aromatic ring is 2. The van der Waals surface area contributed by atoms with Gasteiger partial charge in [0.2, 0.25) is 11.9 Å². The van der Waals surface area contributed by atoms with Crippen LogP contribution in [-0.4, -0.2) is 33.8 Å². The van der Waals surface area contributed by atoms with Crippen molar-refractivity contribution in [3.8, 4) is 5.75 Å². The number of aromatic nitrogens is 3. The molecule has 0 fully saturated rings. The molecule has 0 spiro atoms. The Labute approximate surface area is 119 Å². The summed E-state index contributed by atoms with van der Waals surface area (Å²) in [6.45, 7) is 0. The Morgan fingerprint density at radius 1 is 1.14 bits per heavy atom. The molecular weight excluding hydrogens is 278 g/mol. The third-order valence-corrected chi connectivity index (χ3v) is 2.49. The smallest absolute Gasteiger partial charge is 0.328 e. The maximum atomic E-state index is 11.8. The number of methoxy groups -OCH3 is 1. The number of anilines is 3. The summed E-state index contributed by atoms with van der Waals surface area (Å²) >= 11 is 0. The normalized spacial score (nSPS) is 9.95. The van der Waals surface area contributed by atoms with Crippen molar-refractivity contribution < 1.29 is 14.3 Å². The number of benzene rings is 1. The topological polar surface area (TPSA) is 150 Å². The van der Waals surface area contributed by atoms with Crippen LogP contribution in [0.4, 0.5) is 17.6 Å². The van der Waals surface area contributed by atoms with Crippen molar-refractivity contribution in [3.63, 3.8) is 0 Å². The van der Waals surface area contributed by atoms with Crippen LogP contribution in [0.25, 0.3) is 0 Å². The quantitative estimate of drug-likeness (QED) is 0.538. The third-order valence-electron chi connectivity index (χ3n) is 2.49. The molecule has 1 aromatic heterocycles. The molecule has 1 heterocycles. The second kappa shape index (κ2) is 5.77. The largest absolute Gasteiger partial charge is 0.495 e. The lowest BCUT2D eigenvalue weighted by molar-refractivity contribution is -0.133. The van der Waals surface area contributed by atoms with Crippen molar-refractivity contribution in [2.45, 2.75) is 0 Å². The van der Waals surface area contributed by atoms with Gasteiger partial charge in [0.05, 0.1) is 12.8 Å². The zero-order chi connectivity index (χ0) is 15.4. The van der Waals surface area contributed by atoms with E-state index < -0.39 is 11.8 Å². The van der Waals surface area contributed by atoms with Gasteiger partial charge in [-0.2, -0.15) is 4.68 Å². The number of hydrogen-bond donors (Lipinski definition) is 4. The Morgan fingerprint density at radius 2 is 1.76 bits per heavy atom. The number of nitrogens with one attached hydrogen (secondary N) is 2. The Morgan fingerprint density at radius 3 is 2.38 bits per heavy atom. The molecule has 0 aliphatic heterocycles. The van der Waals surface area contributed by atoms with E-state index in [1.807, 2.05) is 0 Å². The lowest BCUT2D eigenvalue weighted by Gasteiger charge is -2.10. The molecule has 0 aliphatic carbocycles. The van der Waals surface area contributed by atoms with Crippen LogP contribution in [0, 0.1) is 0 Å². The number of para-hydroxylation sites is 2. The highest BCUT2D eigenvalue weighted by molar-refractivity contribution is 6.42. The second-order valence-electron chi connectivity index (χ2n) is 3.85. The Kier molecular flexibility index (Phi) is 3.88. The minimum absolute atomic E-state index is 0.147. The molecule has 0 atom stereocenters. The van der Waals surface area contributed by atoms with Gasteiger partial charge in [0.1, 0.15) is 5.75 Å². The van der Waals surface area contributed by atoms with Gasteiger partial charge in [0.25, 0.3) is 0 Å². The summed E-state index contributed by atoms with van der Waals surface area (Å²) < 4.78 is 5.95. The monoisotopic (exact) mass is 291 g/mol. The number of hydrogen-bond acceptors (Lipinski definition) is 7. The summed E-state index contributed by atoms with van der Waals surface area (Å²) in [5.74, 6) is -1.79. The fourth-order valence-corrected chi connectivity index (χ4v) is 1.50. The van der Waals surface area contributed by atoms with Gasteiger partial charge in [-0.3, -0.25) is 9.59 Å². The number of nitrogens with two attached hydrogens (primary N) is 2. The molecule has 0 saturated carbocycles. The van der Waals surface area contributed by atoms with Crippen LogP contribution < -0.4 is 26.9 Å². The van der Waals surface area contributed by atoms with Crippen molar-refractivity contribution in [1.82, 2.24) is 14.9 Å². The first-order valence-corrected chi connectivity index (χ1v) is 5.74. The van der Waals surface area contributed by atoms with Crippen LogP contribution in [0.5, 0.6) is 5.75 Å². The molecule has 1 aromatic carbocycles. The van der Waals surface area contributed by atoms with E-state index in [1.165, 1.54) is 7.11 Å². The molecule has 2 rings (SSSR count). The molecule has 0 aliphatic rings. The zero-order valence-electron chi connectivity index (χ0n) is 11.0. The molecular formula is C11H13N7O3. The van der Waals surface area contributed by atoms with Crippen LogP contribution >= 0.6 is 0 Å². The summed E-state index contributed by atoms with van der Waals surface area (Å²) in [6.07, 6.45) is 0. The van der Waals surface area contributed by atoms with Crippen molar-refractivity contribution >= 4 is 29.4 Å². The van der Waals surface area contributed by atoms with Crippen LogP contribution in [-0.2, 0) is 9.59 Å². The third kappa shape index (κ3) is 3.00. The van der Waals surface area contributed by atoms with Crippen LogP contribution in [0.3, 0.4) is 0 Å². The number of amides is 2. The summed E-state index contributed by atoms with van der Waals surface area (Å²) in [6, 6.07) is 6.65. The van der Waals surface area contributed by atoms with Crippen molar-refractivity contribution in [1.29, 1.82) is 0 Å². The minimum atomic E-state index is -0.987. The molecule has 21 heavy (non-hydrogen) atoms. The lowest BCUT2D eigenvalue weighted by Crippen LogP contribution is -2.35. The molecule has 2 amide bonds. The molecule has 0 bridgehead atoms. The van der Waals surface area contributed by atoms with E-state index in [9.17, 15) is 9.59 Å². The van der Waals surface area contributed by atoms with Gasteiger partial charge in [-0.25, -0.2) is 5.43 Å². The standard InChI is InChI=1S/C11H13N7O3/c1-21-7-5-3-2-4-6(7)14-8(19)9(20)17-18-10(12)15-16-11(18)13/h2-5H,1H3,(H2,12,15)(H2,13,16)(H,14,19)(H,17,20). The predicted octanol–water partition coefficient (Wildman–Crippen LogP) is -0.840. The van der Waals surface area contributed by atoms with Gasteiger partial charge in [0.15, 0.2) is 0 Å². The Balaban J connectivity index is 2.08. The molecule has 0 saturated heterocycles. The fraction of sp³-hybridized carbons (Fsp3) is 0.0909. The second-order valence-corrected chi connectivity index (χ2v) is 3.85. The molecule has 10 nitrogen and oxygen atoms in total. The van der Waals surface area contributed by atoms with Crippen LogP contribution in [0.2, 0.25) is 0 Å². The number of nitrogens with zero attached hydrogens (tertiary/aromatic N) is 3. The highest BCUT2D eigenvalue weighted by Crippen LogP contribution is 2.22. The van der Waals surface area contributed by atoms with E-state index >= 15 is 0 Å². The molecule has 10 heteroatoms. The number of carbonyl (C=O) groups excluding carboxylic acids is 2. The first-order chi connectivity index (χ1) is 10.0. The van der Waals surface area contributed by atoms with Crippen molar-refractivity contribution in [2.24, 2.45) is 0 Å². The minimum Gasteiger partial charge on any atom is -0.495 e. The first kappa shape index (κ1) is 14.1. The van der Waals surface area contributed by atoms with E-state index in [-0.39, 0.29) is 11.9 Å². The SMILES string of the molecule is COc1ccccc1NC(=O)C(=O)Nn1c(N)nnc1N. The summed E-state index contributed by atoms with van der Waals surface area (Å²) in [4.78, 5) is 23.6. The highest BCUT2D eigenvalue weighted by atomic mass is 16.5. The molecule has 2 aromatic rings. The lowest BCUT2D eigenvalue weighted by atomic mass is 10.3. The Bertz CT molecular complexity index is 663. The Hall–Kier alpha value is -3.30. The summed E-state index contributed by atoms with van der Waals surface area (Å²) in [7, 11) is 1.45. The van der Waals surface area contributed by atoms with Gasteiger partial charge < -0.3 is 21.5 Å².